The molecular weight excluding hydrogens is 290 g/mol. The van der Waals surface area contributed by atoms with Gasteiger partial charge in [0.15, 0.2) is 0 Å². The quantitative estimate of drug-likeness (QED) is 0.727. The average Bonchev–Trinajstić information content (AvgIpc) is 2.42. The lowest BCUT2D eigenvalue weighted by Gasteiger charge is -2.22. The van der Waals surface area contributed by atoms with Crippen molar-refractivity contribution >= 4 is 17.9 Å². The molecule has 1 aromatic rings. The first-order chi connectivity index (χ1) is 9.73. The molecule has 0 heterocycles. The maximum atomic E-state index is 11.5. The van der Waals surface area contributed by atoms with Crippen LogP contribution in [0.4, 0.5) is 4.79 Å². The summed E-state index contributed by atoms with van der Waals surface area (Å²) >= 11 is 1.60. The van der Waals surface area contributed by atoms with Crippen LogP contribution in [0.3, 0.4) is 0 Å². The highest BCUT2D eigenvalue weighted by Gasteiger charge is 2.21. The molecule has 0 bridgehead atoms. The summed E-state index contributed by atoms with van der Waals surface area (Å²) in [5.74, 6) is 0. The fraction of sp³-hybridized carbons (Fsp3) is 0.533. The summed E-state index contributed by atoms with van der Waals surface area (Å²) in [6.07, 6.45) is -0.814. The lowest BCUT2D eigenvalue weighted by atomic mass is 10.0. The molecule has 1 amide bonds. The van der Waals surface area contributed by atoms with Gasteiger partial charge in [-0.3, -0.25) is 0 Å². The van der Waals surface area contributed by atoms with E-state index in [0.29, 0.717) is 5.56 Å². The molecular formula is C15H23NO4S. The summed E-state index contributed by atoms with van der Waals surface area (Å²) in [6, 6.07) is 7.26. The number of benzene rings is 1. The molecule has 0 saturated carbocycles. The number of thioether (sulfide) groups is 1. The second-order valence-corrected chi connectivity index (χ2v) is 6.55. The first-order valence-electron chi connectivity index (χ1n) is 6.70. The molecule has 6 heteroatoms. The summed E-state index contributed by atoms with van der Waals surface area (Å²) in [6.45, 7) is 5.18. The molecule has 0 aliphatic carbocycles. The Labute approximate surface area is 129 Å². The third-order valence-corrected chi connectivity index (χ3v) is 3.42. The van der Waals surface area contributed by atoms with Crippen LogP contribution in [0.25, 0.3) is 0 Å². The predicted molar refractivity (Wildman–Crippen MR) is 83.4 cm³/mol. The van der Waals surface area contributed by atoms with E-state index >= 15 is 0 Å². The molecule has 5 nitrogen and oxygen atoms in total. The van der Waals surface area contributed by atoms with Gasteiger partial charge in [0.2, 0.25) is 0 Å². The average molecular weight is 313 g/mol. The van der Waals surface area contributed by atoms with E-state index < -0.39 is 23.9 Å². The van der Waals surface area contributed by atoms with Gasteiger partial charge in [0, 0.05) is 11.4 Å². The Balaban J connectivity index is 2.50. The van der Waals surface area contributed by atoms with E-state index in [0.717, 1.165) is 4.90 Å². The number of alkyl carbamates (subject to hydrolysis) is 1. The van der Waals surface area contributed by atoms with E-state index in [2.05, 4.69) is 5.32 Å². The van der Waals surface area contributed by atoms with Crippen LogP contribution in [0.2, 0.25) is 0 Å². The first-order valence-corrected chi connectivity index (χ1v) is 7.92. The number of aliphatic hydroxyl groups is 2. The van der Waals surface area contributed by atoms with Crippen molar-refractivity contribution in [2.75, 3.05) is 12.8 Å². The van der Waals surface area contributed by atoms with Crippen molar-refractivity contribution in [2.45, 2.75) is 43.5 Å². The second kappa shape index (κ2) is 7.68. The highest BCUT2D eigenvalue weighted by Crippen LogP contribution is 2.21. The zero-order valence-electron chi connectivity index (χ0n) is 12.8. The smallest absolute Gasteiger partial charge is 0.407 e. The van der Waals surface area contributed by atoms with Gasteiger partial charge >= 0.3 is 6.09 Å². The molecule has 0 aliphatic rings. The van der Waals surface area contributed by atoms with E-state index in [9.17, 15) is 15.0 Å². The number of carbonyl (C=O) groups excluding carboxylic acids is 1. The Hall–Kier alpha value is -1.24. The van der Waals surface area contributed by atoms with Crippen LogP contribution >= 0.6 is 11.8 Å². The molecule has 118 valence electrons. The fourth-order valence-electron chi connectivity index (χ4n) is 1.64. The van der Waals surface area contributed by atoms with Crippen molar-refractivity contribution in [2.24, 2.45) is 0 Å². The Morgan fingerprint density at radius 1 is 1.29 bits per heavy atom. The van der Waals surface area contributed by atoms with Gasteiger partial charge in [0.25, 0.3) is 0 Å². The minimum absolute atomic E-state index is 0.0830. The Bertz CT molecular complexity index is 456. The molecule has 1 aromatic carbocycles. The molecule has 2 atom stereocenters. The summed E-state index contributed by atoms with van der Waals surface area (Å²) in [5, 5.41) is 22.4. The lowest BCUT2D eigenvalue weighted by molar-refractivity contribution is 0.0129. The molecule has 1 rings (SSSR count). The summed E-state index contributed by atoms with van der Waals surface area (Å²) in [5.41, 5.74) is 0.00711. The van der Waals surface area contributed by atoms with Gasteiger partial charge in [-0.25, -0.2) is 4.79 Å². The van der Waals surface area contributed by atoms with E-state index in [-0.39, 0.29) is 6.54 Å². The maximum absolute atomic E-state index is 11.5. The molecule has 0 aliphatic heterocycles. The molecule has 2 unspecified atom stereocenters. The third-order valence-electron chi connectivity index (χ3n) is 2.68. The predicted octanol–water partition coefficient (Wildman–Crippen LogP) is 2.33. The Morgan fingerprint density at radius 2 is 1.86 bits per heavy atom. The number of nitrogens with one attached hydrogen (secondary N) is 1. The van der Waals surface area contributed by atoms with Gasteiger partial charge in [-0.05, 0) is 44.7 Å². The van der Waals surface area contributed by atoms with E-state index in [1.165, 1.54) is 0 Å². The largest absolute Gasteiger partial charge is 0.444 e. The zero-order chi connectivity index (χ0) is 16.0. The van der Waals surface area contributed by atoms with Crippen molar-refractivity contribution in [1.82, 2.24) is 5.32 Å². The molecule has 0 fully saturated rings. The van der Waals surface area contributed by atoms with Crippen molar-refractivity contribution in [1.29, 1.82) is 0 Å². The highest BCUT2D eigenvalue weighted by molar-refractivity contribution is 7.98. The Kier molecular flexibility index (Phi) is 6.51. The van der Waals surface area contributed by atoms with Crippen molar-refractivity contribution < 1.29 is 19.7 Å². The number of aliphatic hydroxyl groups excluding tert-OH is 2. The minimum Gasteiger partial charge on any atom is -0.444 e. The SMILES string of the molecule is CSc1ccc(C(O)C(O)CNC(=O)OC(C)(C)C)cc1. The minimum atomic E-state index is -1.10. The topological polar surface area (TPSA) is 78.8 Å². The third kappa shape index (κ3) is 6.37. The number of hydrogen-bond acceptors (Lipinski definition) is 5. The highest BCUT2D eigenvalue weighted by atomic mass is 32.2. The van der Waals surface area contributed by atoms with Gasteiger partial charge in [0.1, 0.15) is 17.8 Å². The first kappa shape index (κ1) is 17.8. The van der Waals surface area contributed by atoms with Crippen LogP contribution in [-0.2, 0) is 4.74 Å². The van der Waals surface area contributed by atoms with Crippen molar-refractivity contribution in [3.05, 3.63) is 29.8 Å². The van der Waals surface area contributed by atoms with Crippen molar-refractivity contribution in [3.63, 3.8) is 0 Å². The summed E-state index contributed by atoms with van der Waals surface area (Å²) in [7, 11) is 0. The monoisotopic (exact) mass is 313 g/mol. The number of amides is 1. The lowest BCUT2D eigenvalue weighted by Crippen LogP contribution is -2.38. The van der Waals surface area contributed by atoms with Gasteiger partial charge in [0.05, 0.1) is 0 Å². The number of carbonyl (C=O) groups is 1. The molecule has 0 saturated heterocycles. The van der Waals surface area contributed by atoms with Crippen LogP contribution < -0.4 is 5.32 Å². The van der Waals surface area contributed by atoms with E-state index in [1.807, 2.05) is 18.4 Å². The van der Waals surface area contributed by atoms with E-state index in [1.54, 1.807) is 44.7 Å². The number of ether oxygens (including phenoxy) is 1. The van der Waals surface area contributed by atoms with Crippen LogP contribution in [0.1, 0.15) is 32.4 Å². The van der Waals surface area contributed by atoms with Crippen LogP contribution in [0, 0.1) is 0 Å². The van der Waals surface area contributed by atoms with E-state index in [4.69, 9.17) is 4.74 Å². The standard InChI is InChI=1S/C15H23NO4S/c1-15(2,3)20-14(19)16-9-12(17)13(18)10-5-7-11(21-4)8-6-10/h5-8,12-13,17-18H,9H2,1-4H3,(H,16,19). The molecule has 0 radical (unpaired) electrons. The van der Waals surface area contributed by atoms with Crippen LogP contribution in [0.5, 0.6) is 0 Å². The number of hydrogen-bond donors (Lipinski definition) is 3. The van der Waals surface area contributed by atoms with Gasteiger partial charge in [-0.15, -0.1) is 11.8 Å². The van der Waals surface area contributed by atoms with Gasteiger partial charge in [-0.2, -0.15) is 0 Å². The summed E-state index contributed by atoms with van der Waals surface area (Å²) < 4.78 is 5.06. The Morgan fingerprint density at radius 3 is 2.33 bits per heavy atom. The number of rotatable bonds is 5. The molecule has 0 aromatic heterocycles. The fourth-order valence-corrected chi connectivity index (χ4v) is 2.05. The molecule has 21 heavy (non-hydrogen) atoms. The molecule has 3 N–H and O–H groups in total. The van der Waals surface area contributed by atoms with Gasteiger partial charge in [-0.1, -0.05) is 12.1 Å². The maximum Gasteiger partial charge on any atom is 0.407 e. The van der Waals surface area contributed by atoms with Crippen molar-refractivity contribution in [3.8, 4) is 0 Å². The molecule has 0 spiro atoms. The van der Waals surface area contributed by atoms with Crippen LogP contribution in [-0.4, -0.2) is 40.8 Å². The van der Waals surface area contributed by atoms with Gasteiger partial charge < -0.3 is 20.3 Å². The normalized spacial score (nSPS) is 14.4. The zero-order valence-corrected chi connectivity index (χ0v) is 13.6. The summed E-state index contributed by atoms with van der Waals surface area (Å²) in [4.78, 5) is 12.6. The second-order valence-electron chi connectivity index (χ2n) is 5.67. The van der Waals surface area contributed by atoms with Crippen LogP contribution in [0.15, 0.2) is 29.2 Å².